The summed E-state index contributed by atoms with van der Waals surface area (Å²) in [4.78, 5) is 50.3. The number of nitrogens with zero attached hydrogens (tertiary/aromatic N) is 1. The Bertz CT molecular complexity index is 1060. The minimum Gasteiger partial charge on any atom is -0.478 e. The Morgan fingerprint density at radius 1 is 1.12 bits per heavy atom. The van der Waals surface area contributed by atoms with Gasteiger partial charge in [-0.25, -0.2) is 9.18 Å². The van der Waals surface area contributed by atoms with E-state index < -0.39 is 47.8 Å². The molecule has 3 N–H and O–H groups in total. The minimum absolute atomic E-state index is 0.115. The number of nitrogens with one attached hydrogen (secondary N) is 3. The zero-order valence-corrected chi connectivity index (χ0v) is 17.8. The Morgan fingerprint density at radius 3 is 2.44 bits per heavy atom. The lowest BCUT2D eigenvalue weighted by Crippen LogP contribution is -2.51. The molecule has 0 aliphatic carbocycles. The molecule has 5 amide bonds. The first-order valence-electron chi connectivity index (χ1n) is 9.83. The van der Waals surface area contributed by atoms with Gasteiger partial charge in [-0.2, -0.15) is 0 Å². The van der Waals surface area contributed by atoms with Gasteiger partial charge < -0.3 is 10.1 Å². The van der Waals surface area contributed by atoms with E-state index in [9.17, 15) is 23.6 Å². The van der Waals surface area contributed by atoms with Gasteiger partial charge >= 0.3 is 6.03 Å². The normalized spacial score (nSPS) is 18.7. The summed E-state index contributed by atoms with van der Waals surface area (Å²) in [5.74, 6) is -2.89. The molecule has 0 aromatic heterocycles. The van der Waals surface area contributed by atoms with Crippen LogP contribution in [0.1, 0.15) is 25.0 Å². The van der Waals surface area contributed by atoms with Crippen molar-refractivity contribution >= 4 is 23.8 Å². The van der Waals surface area contributed by atoms with Crippen molar-refractivity contribution in [3.8, 4) is 5.75 Å². The van der Waals surface area contributed by atoms with E-state index >= 15 is 0 Å². The van der Waals surface area contributed by atoms with Crippen LogP contribution in [0.5, 0.6) is 5.75 Å². The summed E-state index contributed by atoms with van der Waals surface area (Å²) in [5.41, 5.74) is 4.51. The third-order valence-corrected chi connectivity index (χ3v) is 5.04. The fourth-order valence-corrected chi connectivity index (χ4v) is 3.12. The Morgan fingerprint density at radius 2 is 1.78 bits per heavy atom. The number of rotatable bonds is 6. The van der Waals surface area contributed by atoms with Crippen molar-refractivity contribution in [2.75, 3.05) is 6.54 Å². The molecule has 2 aromatic rings. The van der Waals surface area contributed by atoms with Gasteiger partial charge in [0, 0.05) is 0 Å². The molecule has 10 heteroatoms. The highest BCUT2D eigenvalue weighted by Gasteiger charge is 2.49. The van der Waals surface area contributed by atoms with E-state index in [4.69, 9.17) is 4.74 Å². The van der Waals surface area contributed by atoms with E-state index in [1.165, 1.54) is 25.1 Å². The van der Waals surface area contributed by atoms with Gasteiger partial charge in [0.2, 0.25) is 0 Å². The van der Waals surface area contributed by atoms with E-state index in [0.717, 1.165) is 10.5 Å². The molecule has 0 unspecified atom stereocenters. The van der Waals surface area contributed by atoms with Crippen LogP contribution in [0.15, 0.2) is 48.5 Å². The Labute approximate surface area is 183 Å². The maximum atomic E-state index is 13.6. The number of halogens is 1. The average Bonchev–Trinajstić information content (AvgIpc) is 2.97. The lowest BCUT2D eigenvalue weighted by molar-refractivity contribution is -0.136. The standard InChI is InChI=1S/C22H23FN4O5/c1-13-8-10-15(11-9-13)22(3)20(30)27(21(31)24-22)12-18(28)25-26-19(29)14(2)32-17-7-5-4-6-16(17)23/h4-11,14H,12H2,1-3H3,(H,24,31)(H,25,28)(H,26,29)/t14-,22+/m1/s1. The van der Waals surface area contributed by atoms with Gasteiger partial charge in [-0.3, -0.25) is 30.1 Å². The van der Waals surface area contributed by atoms with Gasteiger partial charge in [-0.05, 0) is 38.5 Å². The highest BCUT2D eigenvalue weighted by atomic mass is 19.1. The van der Waals surface area contributed by atoms with Crippen LogP contribution in [-0.2, 0) is 19.9 Å². The van der Waals surface area contributed by atoms with Gasteiger partial charge in [0.25, 0.3) is 17.7 Å². The third kappa shape index (κ3) is 4.69. The molecule has 0 radical (unpaired) electrons. The first kappa shape index (κ1) is 22.7. The van der Waals surface area contributed by atoms with Gasteiger partial charge in [0.05, 0.1) is 0 Å². The number of carbonyl (C=O) groups is 4. The van der Waals surface area contributed by atoms with E-state index in [1.807, 2.05) is 19.1 Å². The number of aryl methyl sites for hydroxylation is 1. The number of para-hydroxylation sites is 1. The average molecular weight is 442 g/mol. The molecule has 3 rings (SSSR count). The van der Waals surface area contributed by atoms with Crippen LogP contribution in [0.25, 0.3) is 0 Å². The number of carbonyl (C=O) groups excluding carboxylic acids is 4. The quantitative estimate of drug-likeness (QED) is 0.463. The van der Waals surface area contributed by atoms with E-state index in [1.54, 1.807) is 25.1 Å². The second-order valence-corrected chi connectivity index (χ2v) is 7.54. The molecular weight excluding hydrogens is 419 g/mol. The number of hydrogen-bond donors (Lipinski definition) is 3. The number of hydrazine groups is 1. The fraction of sp³-hybridized carbons (Fsp3) is 0.273. The van der Waals surface area contributed by atoms with Crippen molar-refractivity contribution in [1.29, 1.82) is 0 Å². The van der Waals surface area contributed by atoms with Crippen molar-refractivity contribution in [2.24, 2.45) is 0 Å². The fourth-order valence-electron chi connectivity index (χ4n) is 3.12. The van der Waals surface area contributed by atoms with Gasteiger partial charge in [0.15, 0.2) is 17.7 Å². The van der Waals surface area contributed by atoms with Crippen molar-refractivity contribution in [3.05, 3.63) is 65.5 Å². The summed E-state index contributed by atoms with van der Waals surface area (Å²) < 4.78 is 18.9. The number of amides is 5. The number of hydrogen-bond acceptors (Lipinski definition) is 5. The maximum Gasteiger partial charge on any atom is 0.325 e. The molecular formula is C22H23FN4O5. The molecule has 2 aromatic carbocycles. The van der Waals surface area contributed by atoms with E-state index in [2.05, 4.69) is 16.2 Å². The summed E-state index contributed by atoms with van der Waals surface area (Å²) in [6.07, 6.45) is -1.12. The van der Waals surface area contributed by atoms with E-state index in [-0.39, 0.29) is 5.75 Å². The zero-order valence-electron chi connectivity index (χ0n) is 17.8. The molecule has 9 nitrogen and oxygen atoms in total. The van der Waals surface area contributed by atoms with Crippen LogP contribution in [0.2, 0.25) is 0 Å². The van der Waals surface area contributed by atoms with Crippen LogP contribution in [0, 0.1) is 12.7 Å². The lowest BCUT2D eigenvalue weighted by atomic mass is 9.91. The largest absolute Gasteiger partial charge is 0.478 e. The molecule has 1 fully saturated rings. The van der Waals surface area contributed by atoms with Crippen LogP contribution < -0.4 is 20.9 Å². The number of imide groups is 1. The smallest absolute Gasteiger partial charge is 0.325 e. The molecule has 1 saturated heterocycles. The number of urea groups is 1. The molecule has 1 heterocycles. The van der Waals surface area contributed by atoms with Crippen molar-refractivity contribution < 1.29 is 28.3 Å². The van der Waals surface area contributed by atoms with Gasteiger partial charge in [0.1, 0.15) is 12.1 Å². The predicted octanol–water partition coefficient (Wildman–Crippen LogP) is 1.52. The highest BCUT2D eigenvalue weighted by Crippen LogP contribution is 2.28. The first-order valence-corrected chi connectivity index (χ1v) is 9.83. The van der Waals surface area contributed by atoms with Crippen LogP contribution >= 0.6 is 0 Å². The highest BCUT2D eigenvalue weighted by molar-refractivity contribution is 6.09. The van der Waals surface area contributed by atoms with Gasteiger partial charge in [-0.15, -0.1) is 0 Å². The topological polar surface area (TPSA) is 117 Å². The summed E-state index contributed by atoms with van der Waals surface area (Å²) in [6.45, 7) is 4.22. The van der Waals surface area contributed by atoms with Crippen molar-refractivity contribution in [2.45, 2.75) is 32.4 Å². The molecule has 0 bridgehead atoms. The molecule has 32 heavy (non-hydrogen) atoms. The van der Waals surface area contributed by atoms with Crippen LogP contribution in [-0.4, -0.2) is 41.3 Å². The Kier molecular flexibility index (Phi) is 6.42. The Balaban J connectivity index is 1.56. The van der Waals surface area contributed by atoms with Crippen LogP contribution in [0.3, 0.4) is 0 Å². The summed E-state index contributed by atoms with van der Waals surface area (Å²) in [7, 11) is 0. The molecule has 168 valence electrons. The number of benzene rings is 2. The van der Waals surface area contributed by atoms with Crippen LogP contribution in [0.4, 0.5) is 9.18 Å². The summed E-state index contributed by atoms with van der Waals surface area (Å²) in [5, 5.41) is 2.60. The predicted molar refractivity (Wildman–Crippen MR) is 112 cm³/mol. The maximum absolute atomic E-state index is 13.6. The Hall–Kier alpha value is -3.95. The molecule has 2 atom stereocenters. The second-order valence-electron chi connectivity index (χ2n) is 7.54. The van der Waals surface area contributed by atoms with Crippen molar-refractivity contribution in [1.82, 2.24) is 21.1 Å². The van der Waals surface area contributed by atoms with Crippen molar-refractivity contribution in [3.63, 3.8) is 0 Å². The minimum atomic E-state index is -1.31. The third-order valence-electron chi connectivity index (χ3n) is 5.04. The molecule has 0 saturated carbocycles. The lowest BCUT2D eigenvalue weighted by Gasteiger charge is -2.22. The summed E-state index contributed by atoms with van der Waals surface area (Å²) in [6, 6.07) is 11.9. The van der Waals surface area contributed by atoms with E-state index in [0.29, 0.717) is 5.56 Å². The second kappa shape index (κ2) is 9.04. The number of ether oxygens (including phenoxy) is 1. The molecule has 1 aliphatic rings. The SMILES string of the molecule is Cc1ccc([C@]2(C)NC(=O)N(CC(=O)NNC(=O)[C@@H](C)Oc3ccccc3F)C2=O)cc1. The monoisotopic (exact) mass is 442 g/mol. The summed E-state index contributed by atoms with van der Waals surface area (Å²) >= 11 is 0. The van der Waals surface area contributed by atoms with Gasteiger partial charge in [-0.1, -0.05) is 42.0 Å². The molecule has 0 spiro atoms. The molecule has 1 aliphatic heterocycles. The zero-order chi connectivity index (χ0) is 23.5. The first-order chi connectivity index (χ1) is 15.1.